The summed E-state index contributed by atoms with van der Waals surface area (Å²) in [5, 5.41) is 0. The van der Waals surface area contributed by atoms with Crippen molar-refractivity contribution in [1.29, 1.82) is 0 Å². The highest BCUT2D eigenvalue weighted by molar-refractivity contribution is 5.96. The molecule has 0 aromatic heterocycles. The summed E-state index contributed by atoms with van der Waals surface area (Å²) in [5.74, 6) is 1.30. The van der Waals surface area contributed by atoms with Crippen LogP contribution in [-0.4, -0.2) is 55.0 Å². The van der Waals surface area contributed by atoms with Crippen LogP contribution < -0.4 is 9.47 Å². The van der Waals surface area contributed by atoms with Gasteiger partial charge in [-0.3, -0.25) is 9.59 Å². The maximum atomic E-state index is 13.9. The van der Waals surface area contributed by atoms with Crippen molar-refractivity contribution in [2.75, 3.05) is 27.3 Å². The van der Waals surface area contributed by atoms with E-state index in [0.717, 1.165) is 50.5 Å². The number of nitrogens with zero attached hydrogens (tertiary/aromatic N) is 2. The zero-order valence-corrected chi connectivity index (χ0v) is 20.2. The first kappa shape index (κ1) is 23.7. The number of carbonyl (C=O) groups excluding carboxylic acids is 2. The Balaban J connectivity index is 1.64. The van der Waals surface area contributed by atoms with Gasteiger partial charge in [-0.25, -0.2) is 0 Å². The number of hydrogen-bond donors (Lipinski definition) is 0. The molecule has 2 amide bonds. The topological polar surface area (TPSA) is 59.1 Å². The number of ether oxygens (including phenoxy) is 2. The molecule has 2 fully saturated rings. The normalized spacial score (nSPS) is 22.7. The van der Waals surface area contributed by atoms with Gasteiger partial charge in [-0.05, 0) is 62.6 Å². The number of rotatable bonds is 7. The van der Waals surface area contributed by atoms with E-state index >= 15 is 0 Å². The molecule has 6 nitrogen and oxygen atoms in total. The molecule has 0 bridgehead atoms. The van der Waals surface area contributed by atoms with Crippen LogP contribution in [0.1, 0.15) is 82.2 Å². The molecule has 3 aliphatic rings. The molecular formula is C27H38N2O4. The van der Waals surface area contributed by atoms with Crippen LogP contribution in [0.15, 0.2) is 29.8 Å². The van der Waals surface area contributed by atoms with E-state index in [0.29, 0.717) is 18.0 Å². The third-order valence-electron chi connectivity index (χ3n) is 7.50. The summed E-state index contributed by atoms with van der Waals surface area (Å²) in [6.45, 7) is 0.778. The Bertz CT molecular complexity index is 873. The highest BCUT2D eigenvalue weighted by Gasteiger charge is 2.42. The second kappa shape index (κ2) is 11.1. The second-order valence-corrected chi connectivity index (χ2v) is 9.57. The first-order valence-electron chi connectivity index (χ1n) is 12.6. The van der Waals surface area contributed by atoms with Gasteiger partial charge in [0.25, 0.3) is 5.91 Å². The molecule has 180 valence electrons. The SMILES string of the molecule is COc1ccc([C@H]2C(=O)N(C3CCCCCC3)CC(=O)N2CCC2=CCCCC2)cc1OC. The molecule has 1 aliphatic heterocycles. The molecule has 0 N–H and O–H groups in total. The monoisotopic (exact) mass is 454 g/mol. The number of carbonyl (C=O) groups is 2. The number of hydrogen-bond acceptors (Lipinski definition) is 4. The first-order valence-corrected chi connectivity index (χ1v) is 12.6. The number of benzene rings is 1. The summed E-state index contributed by atoms with van der Waals surface area (Å²) in [5.41, 5.74) is 2.21. The minimum atomic E-state index is -0.613. The van der Waals surface area contributed by atoms with E-state index in [-0.39, 0.29) is 24.4 Å². The molecule has 0 radical (unpaired) electrons. The van der Waals surface area contributed by atoms with Crippen molar-refractivity contribution in [3.05, 3.63) is 35.4 Å². The average molecular weight is 455 g/mol. The van der Waals surface area contributed by atoms with Gasteiger partial charge in [-0.1, -0.05) is 43.4 Å². The summed E-state index contributed by atoms with van der Waals surface area (Å²) in [6.07, 6.45) is 14.5. The predicted octanol–water partition coefficient (Wildman–Crippen LogP) is 5.03. The fraction of sp³-hybridized carbons (Fsp3) is 0.630. The molecule has 0 unspecified atom stereocenters. The Hall–Kier alpha value is -2.50. The zero-order chi connectivity index (χ0) is 23.2. The number of methoxy groups -OCH3 is 2. The van der Waals surface area contributed by atoms with Crippen LogP contribution in [-0.2, 0) is 9.59 Å². The third-order valence-corrected chi connectivity index (χ3v) is 7.50. The Labute approximate surface area is 197 Å². The summed E-state index contributed by atoms with van der Waals surface area (Å²) in [4.78, 5) is 31.1. The standard InChI is InChI=1S/C27H38N2O4/c1-32-23-15-14-21(18-24(23)33-2)26-27(31)29(22-12-8-3-4-9-13-22)19-25(30)28(26)17-16-20-10-6-5-7-11-20/h10,14-15,18,22,26H,3-9,11-13,16-17,19H2,1-2H3/t26-/m0/s1. The minimum Gasteiger partial charge on any atom is -0.493 e. The molecule has 0 spiro atoms. The Morgan fingerprint density at radius 2 is 1.70 bits per heavy atom. The van der Waals surface area contributed by atoms with Gasteiger partial charge in [-0.15, -0.1) is 0 Å². The minimum absolute atomic E-state index is 0.0475. The molecule has 1 saturated carbocycles. The third kappa shape index (κ3) is 5.36. The van der Waals surface area contributed by atoms with Crippen molar-refractivity contribution in [3.8, 4) is 11.5 Å². The van der Waals surface area contributed by atoms with Crippen molar-refractivity contribution < 1.29 is 19.1 Å². The summed E-state index contributed by atoms with van der Waals surface area (Å²) in [7, 11) is 3.20. The molecule has 1 saturated heterocycles. The fourth-order valence-electron chi connectivity index (χ4n) is 5.62. The van der Waals surface area contributed by atoms with Gasteiger partial charge in [0.1, 0.15) is 12.6 Å². The molecule has 2 aliphatic carbocycles. The lowest BCUT2D eigenvalue weighted by Gasteiger charge is -2.44. The van der Waals surface area contributed by atoms with E-state index in [9.17, 15) is 9.59 Å². The van der Waals surface area contributed by atoms with Crippen LogP contribution >= 0.6 is 0 Å². The van der Waals surface area contributed by atoms with Crippen LogP contribution in [0.4, 0.5) is 0 Å². The second-order valence-electron chi connectivity index (χ2n) is 9.57. The Morgan fingerprint density at radius 3 is 2.36 bits per heavy atom. The van der Waals surface area contributed by atoms with Gasteiger partial charge < -0.3 is 19.3 Å². The van der Waals surface area contributed by atoms with Crippen LogP contribution in [0.25, 0.3) is 0 Å². The van der Waals surface area contributed by atoms with E-state index in [1.54, 1.807) is 14.2 Å². The van der Waals surface area contributed by atoms with Crippen LogP contribution in [0.3, 0.4) is 0 Å². The lowest BCUT2D eigenvalue weighted by atomic mass is 9.94. The molecule has 33 heavy (non-hydrogen) atoms. The number of allylic oxidation sites excluding steroid dienone is 1. The quantitative estimate of drug-likeness (QED) is 0.428. The molecule has 1 atom stereocenters. The highest BCUT2D eigenvalue weighted by Crippen LogP contribution is 2.37. The zero-order valence-electron chi connectivity index (χ0n) is 20.2. The van der Waals surface area contributed by atoms with Crippen molar-refractivity contribution in [2.24, 2.45) is 0 Å². The predicted molar refractivity (Wildman–Crippen MR) is 128 cm³/mol. The smallest absolute Gasteiger partial charge is 0.250 e. The van der Waals surface area contributed by atoms with Crippen molar-refractivity contribution >= 4 is 11.8 Å². The maximum absolute atomic E-state index is 13.9. The first-order chi connectivity index (χ1) is 16.1. The Kier molecular flexibility index (Phi) is 7.94. The molecule has 4 rings (SSSR count). The fourth-order valence-corrected chi connectivity index (χ4v) is 5.62. The highest BCUT2D eigenvalue weighted by atomic mass is 16.5. The number of piperazine rings is 1. The van der Waals surface area contributed by atoms with E-state index in [2.05, 4.69) is 6.08 Å². The van der Waals surface area contributed by atoms with E-state index < -0.39 is 6.04 Å². The van der Waals surface area contributed by atoms with E-state index in [1.165, 1.54) is 31.3 Å². The van der Waals surface area contributed by atoms with Gasteiger partial charge in [0.2, 0.25) is 5.91 Å². The van der Waals surface area contributed by atoms with Crippen molar-refractivity contribution in [2.45, 2.75) is 82.7 Å². The molecule has 6 heteroatoms. The number of amides is 2. The largest absolute Gasteiger partial charge is 0.493 e. The molecule has 1 heterocycles. The van der Waals surface area contributed by atoms with Gasteiger partial charge in [0.05, 0.1) is 14.2 Å². The van der Waals surface area contributed by atoms with Crippen LogP contribution in [0.2, 0.25) is 0 Å². The summed E-state index contributed by atoms with van der Waals surface area (Å²) < 4.78 is 10.9. The van der Waals surface area contributed by atoms with Gasteiger partial charge in [0.15, 0.2) is 11.5 Å². The van der Waals surface area contributed by atoms with E-state index in [1.807, 2.05) is 28.0 Å². The van der Waals surface area contributed by atoms with Crippen LogP contribution in [0.5, 0.6) is 11.5 Å². The van der Waals surface area contributed by atoms with Gasteiger partial charge >= 0.3 is 0 Å². The summed E-state index contributed by atoms with van der Waals surface area (Å²) in [6, 6.07) is 5.14. The Morgan fingerprint density at radius 1 is 0.939 bits per heavy atom. The van der Waals surface area contributed by atoms with E-state index in [4.69, 9.17) is 9.47 Å². The van der Waals surface area contributed by atoms with Gasteiger partial charge in [-0.2, -0.15) is 0 Å². The van der Waals surface area contributed by atoms with Crippen molar-refractivity contribution in [1.82, 2.24) is 9.80 Å². The van der Waals surface area contributed by atoms with Gasteiger partial charge in [0, 0.05) is 12.6 Å². The average Bonchev–Trinajstić information content (AvgIpc) is 3.14. The maximum Gasteiger partial charge on any atom is 0.250 e. The lowest BCUT2D eigenvalue weighted by molar-refractivity contribution is -0.158. The lowest BCUT2D eigenvalue weighted by Crippen LogP contribution is -2.58. The summed E-state index contributed by atoms with van der Waals surface area (Å²) >= 11 is 0. The van der Waals surface area contributed by atoms with Crippen LogP contribution in [0, 0.1) is 0 Å². The van der Waals surface area contributed by atoms with Crippen molar-refractivity contribution in [3.63, 3.8) is 0 Å². The molecule has 1 aromatic carbocycles. The molecular weight excluding hydrogens is 416 g/mol. The molecule has 1 aromatic rings.